The predicted molar refractivity (Wildman–Crippen MR) is 146 cm³/mol. The summed E-state index contributed by atoms with van der Waals surface area (Å²) in [6.45, 7) is 4.79. The number of hydrogen-bond acceptors (Lipinski definition) is 6. The lowest BCUT2D eigenvalue weighted by molar-refractivity contribution is -0.120. The minimum Gasteiger partial charge on any atom is -0.379 e. The summed E-state index contributed by atoms with van der Waals surface area (Å²) in [4.78, 5) is 28.5. The highest BCUT2D eigenvalue weighted by Gasteiger charge is 2.39. The van der Waals surface area contributed by atoms with E-state index in [1.54, 1.807) is 41.7 Å². The van der Waals surface area contributed by atoms with Crippen LogP contribution in [0, 0.1) is 0 Å². The maximum atomic E-state index is 13.5. The van der Waals surface area contributed by atoms with Crippen molar-refractivity contribution in [2.45, 2.75) is 55.4 Å². The largest absolute Gasteiger partial charge is 0.379 e. The summed E-state index contributed by atoms with van der Waals surface area (Å²) < 4.78 is 33.6. The smallest absolute Gasteiger partial charge is 0.258 e. The third-order valence-corrected chi connectivity index (χ3v) is 10.6. The molecule has 5 rings (SSSR count). The standard InChI is InChI=1S/C27H31N3O5S2/c1-27(2,35-3)14-16-29-21-13-12-20(18-8-6-9-19(24(18)21)26(29)32)28-25(31)22-10-4-5-15-30(22)37(33,34)23-11-7-17-36-23/h6-9,11-13,17,22H,4-5,10,14-16H2,1-3H3,(H,28,31). The minimum absolute atomic E-state index is 0.0727. The van der Waals surface area contributed by atoms with Crippen molar-refractivity contribution in [1.82, 2.24) is 4.31 Å². The number of nitrogens with one attached hydrogen (secondary N) is 1. The molecule has 0 saturated carbocycles. The number of nitrogens with zero attached hydrogens (tertiary/aromatic N) is 2. The van der Waals surface area contributed by atoms with Gasteiger partial charge < -0.3 is 15.0 Å². The summed E-state index contributed by atoms with van der Waals surface area (Å²) in [5.74, 6) is -0.431. The van der Waals surface area contributed by atoms with Crippen molar-refractivity contribution in [1.29, 1.82) is 0 Å². The summed E-state index contributed by atoms with van der Waals surface area (Å²) in [6.07, 6.45) is 2.62. The molecule has 0 bridgehead atoms. The second-order valence-corrected chi connectivity index (χ2v) is 13.1. The molecular weight excluding hydrogens is 510 g/mol. The quantitative estimate of drug-likeness (QED) is 0.440. The number of piperidine rings is 1. The SMILES string of the molecule is COC(C)(C)CCN1C(=O)c2cccc3c(NC(=O)C4CCCCN4S(=O)(=O)c4cccs4)ccc1c23. The molecule has 10 heteroatoms. The highest BCUT2D eigenvalue weighted by molar-refractivity contribution is 7.91. The van der Waals surface area contributed by atoms with E-state index < -0.39 is 16.1 Å². The zero-order chi connectivity index (χ0) is 26.4. The van der Waals surface area contributed by atoms with Gasteiger partial charge in [-0.15, -0.1) is 11.3 Å². The van der Waals surface area contributed by atoms with Gasteiger partial charge in [0.25, 0.3) is 15.9 Å². The molecule has 0 spiro atoms. The first kappa shape index (κ1) is 25.8. The van der Waals surface area contributed by atoms with Gasteiger partial charge >= 0.3 is 0 Å². The normalized spacial score (nSPS) is 18.5. The van der Waals surface area contributed by atoms with Crippen molar-refractivity contribution in [3.63, 3.8) is 0 Å². The van der Waals surface area contributed by atoms with Gasteiger partial charge in [0.05, 0.1) is 11.3 Å². The van der Waals surface area contributed by atoms with E-state index in [0.717, 1.165) is 34.2 Å². The number of benzene rings is 2. The van der Waals surface area contributed by atoms with Crippen LogP contribution in [-0.2, 0) is 19.6 Å². The van der Waals surface area contributed by atoms with Crippen LogP contribution < -0.4 is 10.2 Å². The molecule has 2 aliphatic rings. The van der Waals surface area contributed by atoms with E-state index in [9.17, 15) is 18.0 Å². The van der Waals surface area contributed by atoms with Crippen LogP contribution in [0.4, 0.5) is 11.4 Å². The zero-order valence-corrected chi connectivity index (χ0v) is 22.8. The second kappa shape index (κ2) is 9.83. The van der Waals surface area contributed by atoms with Crippen LogP contribution in [0.2, 0.25) is 0 Å². The number of carbonyl (C=O) groups excluding carboxylic acids is 2. The first-order chi connectivity index (χ1) is 17.6. The van der Waals surface area contributed by atoms with E-state index in [0.29, 0.717) is 43.6 Å². The first-order valence-corrected chi connectivity index (χ1v) is 14.7. The van der Waals surface area contributed by atoms with Crippen LogP contribution in [0.15, 0.2) is 52.1 Å². The molecular formula is C27H31N3O5S2. The van der Waals surface area contributed by atoms with Crippen molar-refractivity contribution >= 4 is 55.3 Å². The molecule has 1 unspecified atom stereocenters. The van der Waals surface area contributed by atoms with Crippen molar-refractivity contribution in [2.75, 3.05) is 30.4 Å². The lowest BCUT2D eigenvalue weighted by Gasteiger charge is -2.33. The molecule has 8 nitrogen and oxygen atoms in total. The summed E-state index contributed by atoms with van der Waals surface area (Å²) in [7, 11) is -2.09. The highest BCUT2D eigenvalue weighted by atomic mass is 32.2. The van der Waals surface area contributed by atoms with Gasteiger partial charge in [0.2, 0.25) is 5.91 Å². The van der Waals surface area contributed by atoms with Crippen LogP contribution in [0.3, 0.4) is 0 Å². The molecule has 3 heterocycles. The second-order valence-electron chi connectivity index (χ2n) is 10.1. The van der Waals surface area contributed by atoms with Crippen molar-refractivity contribution in [3.8, 4) is 0 Å². The Hall–Kier alpha value is -2.79. The molecule has 1 saturated heterocycles. The number of carbonyl (C=O) groups is 2. The molecule has 1 atom stereocenters. The van der Waals surface area contributed by atoms with Gasteiger partial charge in [-0.2, -0.15) is 4.31 Å². The van der Waals surface area contributed by atoms with E-state index in [4.69, 9.17) is 4.74 Å². The molecule has 3 aromatic rings. The Labute approximate surface area is 221 Å². The Morgan fingerprint density at radius 2 is 1.97 bits per heavy atom. The van der Waals surface area contributed by atoms with Gasteiger partial charge in [-0.3, -0.25) is 9.59 Å². The van der Waals surface area contributed by atoms with Crippen LogP contribution in [-0.4, -0.2) is 56.4 Å². The van der Waals surface area contributed by atoms with Crippen molar-refractivity contribution < 1.29 is 22.7 Å². The minimum atomic E-state index is -3.76. The molecule has 0 aliphatic carbocycles. The average Bonchev–Trinajstić information content (AvgIpc) is 3.53. The maximum Gasteiger partial charge on any atom is 0.258 e. The number of hydrogen-bond donors (Lipinski definition) is 1. The highest BCUT2D eigenvalue weighted by Crippen LogP contribution is 2.41. The number of amides is 2. The number of thiophene rings is 1. The van der Waals surface area contributed by atoms with Crippen LogP contribution in [0.25, 0.3) is 10.8 Å². The molecule has 37 heavy (non-hydrogen) atoms. The molecule has 0 radical (unpaired) electrons. The maximum absolute atomic E-state index is 13.5. The van der Waals surface area contributed by atoms with Gasteiger partial charge in [-0.1, -0.05) is 24.6 Å². The van der Waals surface area contributed by atoms with Gasteiger partial charge in [0, 0.05) is 42.2 Å². The Kier molecular flexibility index (Phi) is 6.86. The first-order valence-electron chi connectivity index (χ1n) is 12.4. The molecule has 2 amide bonds. The fourth-order valence-electron chi connectivity index (χ4n) is 5.06. The van der Waals surface area contributed by atoms with Gasteiger partial charge in [-0.25, -0.2) is 8.42 Å². The average molecular weight is 542 g/mol. The Bertz CT molecular complexity index is 1450. The summed E-state index contributed by atoms with van der Waals surface area (Å²) in [6, 6.07) is 11.6. The van der Waals surface area contributed by atoms with E-state index >= 15 is 0 Å². The van der Waals surface area contributed by atoms with E-state index in [1.807, 2.05) is 32.0 Å². The Morgan fingerprint density at radius 3 is 2.70 bits per heavy atom. The van der Waals surface area contributed by atoms with Crippen molar-refractivity contribution in [2.24, 2.45) is 0 Å². The van der Waals surface area contributed by atoms with Gasteiger partial charge in [0.15, 0.2) is 0 Å². The Balaban J connectivity index is 1.44. The molecule has 1 fully saturated rings. The molecule has 1 aromatic heterocycles. The van der Waals surface area contributed by atoms with E-state index in [1.165, 1.54) is 4.31 Å². The third-order valence-electron chi connectivity index (χ3n) is 7.35. The predicted octanol–water partition coefficient (Wildman–Crippen LogP) is 4.86. The molecule has 2 aliphatic heterocycles. The third kappa shape index (κ3) is 4.67. The Morgan fingerprint density at radius 1 is 1.16 bits per heavy atom. The fraction of sp³-hybridized carbons (Fsp3) is 0.407. The van der Waals surface area contributed by atoms with Crippen LogP contribution in [0.1, 0.15) is 49.9 Å². The zero-order valence-electron chi connectivity index (χ0n) is 21.2. The number of anilines is 2. The topological polar surface area (TPSA) is 96.0 Å². The summed E-state index contributed by atoms with van der Waals surface area (Å²) in [5.41, 5.74) is 1.60. The number of methoxy groups -OCH3 is 1. The summed E-state index contributed by atoms with van der Waals surface area (Å²) in [5, 5.41) is 6.27. The molecule has 1 N–H and O–H groups in total. The number of sulfonamides is 1. The van der Waals surface area contributed by atoms with E-state index in [-0.39, 0.29) is 21.6 Å². The monoisotopic (exact) mass is 541 g/mol. The molecule has 2 aromatic carbocycles. The number of ether oxygens (including phenoxy) is 1. The number of rotatable bonds is 8. The lowest BCUT2D eigenvalue weighted by atomic mass is 10.0. The van der Waals surface area contributed by atoms with E-state index in [2.05, 4.69) is 5.32 Å². The van der Waals surface area contributed by atoms with Gasteiger partial charge in [0.1, 0.15) is 10.3 Å². The van der Waals surface area contributed by atoms with Gasteiger partial charge in [-0.05, 0) is 62.8 Å². The fourth-order valence-corrected chi connectivity index (χ4v) is 7.83. The van der Waals surface area contributed by atoms with Crippen LogP contribution in [0.5, 0.6) is 0 Å². The summed E-state index contributed by atoms with van der Waals surface area (Å²) >= 11 is 1.15. The molecule has 196 valence electrons. The van der Waals surface area contributed by atoms with Crippen LogP contribution >= 0.6 is 11.3 Å². The van der Waals surface area contributed by atoms with Crippen molar-refractivity contribution in [3.05, 3.63) is 53.4 Å². The lowest BCUT2D eigenvalue weighted by Crippen LogP contribution is -2.49.